The zero-order valence-corrected chi connectivity index (χ0v) is 14.2. The van der Waals surface area contributed by atoms with Crippen LogP contribution < -0.4 is 0 Å². The van der Waals surface area contributed by atoms with E-state index in [0.717, 1.165) is 17.9 Å². The topological polar surface area (TPSA) is 31.6 Å². The highest BCUT2D eigenvalue weighted by atomic mass is 19.1. The molecule has 2 heterocycles. The van der Waals surface area contributed by atoms with E-state index >= 15 is 0 Å². The van der Waals surface area contributed by atoms with Crippen LogP contribution in [0, 0.1) is 12.8 Å². The van der Waals surface area contributed by atoms with Crippen molar-refractivity contribution in [2.45, 2.75) is 64.6 Å². The van der Waals surface area contributed by atoms with Gasteiger partial charge in [0.1, 0.15) is 17.2 Å². The van der Waals surface area contributed by atoms with E-state index < -0.39 is 18.3 Å². The Bertz CT molecular complexity index is 603. The Balaban J connectivity index is 1.72. The zero-order chi connectivity index (χ0) is 16.3. The van der Waals surface area contributed by atoms with E-state index in [9.17, 15) is 4.39 Å². The van der Waals surface area contributed by atoms with Crippen molar-refractivity contribution in [3.8, 4) is 0 Å². The van der Waals surface area contributed by atoms with Crippen LogP contribution in [0.1, 0.15) is 52.6 Å². The van der Waals surface area contributed by atoms with Crippen LogP contribution in [0.3, 0.4) is 0 Å². The van der Waals surface area contributed by atoms with Crippen LogP contribution >= 0.6 is 0 Å². The third-order valence-corrected chi connectivity index (χ3v) is 5.44. The Labute approximate surface area is 132 Å². The Hall–Kier alpha value is -1.07. The molecular formula is C17H24BFO3. The third-order valence-electron chi connectivity index (χ3n) is 5.44. The quantitative estimate of drug-likeness (QED) is 0.778. The van der Waals surface area contributed by atoms with E-state index in [2.05, 4.69) is 6.92 Å². The molecule has 2 atom stereocenters. The van der Waals surface area contributed by atoms with Crippen LogP contribution in [0.25, 0.3) is 0 Å². The predicted molar refractivity (Wildman–Crippen MR) is 84.2 cm³/mol. The average Bonchev–Trinajstić information content (AvgIpc) is 2.75. The molecule has 1 aromatic heterocycles. The highest BCUT2D eigenvalue weighted by Crippen LogP contribution is 2.55. The maximum atomic E-state index is 14.5. The summed E-state index contributed by atoms with van der Waals surface area (Å²) in [6, 6.07) is 3.93. The second-order valence-electron chi connectivity index (χ2n) is 7.78. The largest absolute Gasteiger partial charge is 0.524 e. The normalized spacial score (nSPS) is 33.3. The first-order valence-corrected chi connectivity index (χ1v) is 7.85. The summed E-state index contributed by atoms with van der Waals surface area (Å²) in [5.74, 6) is 1.93. The number of furan rings is 1. The molecule has 120 valence electrons. The minimum Gasteiger partial charge on any atom is -0.466 e. The fraction of sp³-hybridized carbons (Fsp3) is 0.647. The second-order valence-corrected chi connectivity index (χ2v) is 7.78. The molecule has 1 aliphatic heterocycles. The molecule has 1 saturated carbocycles. The fourth-order valence-electron chi connectivity index (χ4n) is 2.89. The second kappa shape index (κ2) is 4.71. The SMILES string of the molecule is Cc1ccc(C2(C)CC2C=C(F)B2OC(C)(C)C(C)(C)O2)o1. The van der Waals surface area contributed by atoms with Gasteiger partial charge in [0.2, 0.25) is 0 Å². The third kappa shape index (κ3) is 2.44. The smallest absolute Gasteiger partial charge is 0.466 e. The summed E-state index contributed by atoms with van der Waals surface area (Å²) < 4.78 is 31.7. The molecule has 0 N–H and O–H groups in total. The van der Waals surface area contributed by atoms with Gasteiger partial charge in [-0.15, -0.1) is 0 Å². The van der Waals surface area contributed by atoms with E-state index in [1.807, 2.05) is 46.8 Å². The van der Waals surface area contributed by atoms with Crippen LogP contribution in [0.4, 0.5) is 4.39 Å². The number of aryl methyl sites for hydroxylation is 1. The summed E-state index contributed by atoms with van der Waals surface area (Å²) >= 11 is 0. The van der Waals surface area contributed by atoms with Gasteiger partial charge in [-0.3, -0.25) is 0 Å². The number of allylic oxidation sites excluding steroid dienone is 1. The van der Waals surface area contributed by atoms with Gasteiger partial charge in [-0.25, -0.2) is 4.39 Å². The van der Waals surface area contributed by atoms with E-state index in [1.54, 1.807) is 6.08 Å². The maximum absolute atomic E-state index is 14.5. The lowest BCUT2D eigenvalue weighted by molar-refractivity contribution is 0.00578. The van der Waals surface area contributed by atoms with Gasteiger partial charge in [-0.05, 0) is 59.1 Å². The summed E-state index contributed by atoms with van der Waals surface area (Å²) in [6.45, 7) is 11.7. The van der Waals surface area contributed by atoms with Gasteiger partial charge in [0.25, 0.3) is 0 Å². The molecule has 1 saturated heterocycles. The average molecular weight is 306 g/mol. The molecule has 0 bridgehead atoms. The molecule has 0 spiro atoms. The first kappa shape index (κ1) is 15.8. The van der Waals surface area contributed by atoms with Crippen molar-refractivity contribution in [1.29, 1.82) is 0 Å². The Morgan fingerprint density at radius 3 is 2.27 bits per heavy atom. The van der Waals surface area contributed by atoms with Crippen molar-refractivity contribution in [3.05, 3.63) is 35.5 Å². The monoisotopic (exact) mass is 306 g/mol. The van der Waals surface area contributed by atoms with Gasteiger partial charge in [0.15, 0.2) is 0 Å². The maximum Gasteiger partial charge on any atom is 0.524 e. The summed E-state index contributed by atoms with van der Waals surface area (Å²) in [7, 11) is -0.909. The number of hydrogen-bond acceptors (Lipinski definition) is 3. The molecule has 3 rings (SSSR count). The number of hydrogen-bond donors (Lipinski definition) is 0. The molecule has 0 amide bonds. The molecule has 3 nitrogen and oxygen atoms in total. The summed E-state index contributed by atoms with van der Waals surface area (Å²) in [5.41, 5.74) is -1.49. The van der Waals surface area contributed by atoms with E-state index in [4.69, 9.17) is 13.7 Å². The van der Waals surface area contributed by atoms with Crippen molar-refractivity contribution >= 4 is 7.12 Å². The fourth-order valence-corrected chi connectivity index (χ4v) is 2.89. The first-order chi connectivity index (χ1) is 10.1. The van der Waals surface area contributed by atoms with Gasteiger partial charge in [0.05, 0.1) is 11.2 Å². The molecule has 0 radical (unpaired) electrons. The van der Waals surface area contributed by atoms with Crippen LogP contribution in [0.15, 0.2) is 28.4 Å². The van der Waals surface area contributed by atoms with Gasteiger partial charge in [-0.1, -0.05) is 13.0 Å². The highest BCUT2D eigenvalue weighted by molar-refractivity contribution is 6.53. The summed E-state index contributed by atoms with van der Waals surface area (Å²) in [5, 5.41) is 0. The molecule has 5 heteroatoms. The van der Waals surface area contributed by atoms with E-state index in [1.165, 1.54) is 0 Å². The van der Waals surface area contributed by atoms with Gasteiger partial charge < -0.3 is 13.7 Å². The van der Waals surface area contributed by atoms with Gasteiger partial charge in [-0.2, -0.15) is 0 Å². The van der Waals surface area contributed by atoms with Gasteiger partial charge in [0, 0.05) is 5.41 Å². The van der Waals surface area contributed by atoms with Crippen molar-refractivity contribution in [1.82, 2.24) is 0 Å². The number of rotatable bonds is 3. The Morgan fingerprint density at radius 2 is 1.77 bits per heavy atom. The van der Waals surface area contributed by atoms with E-state index in [0.29, 0.717) is 0 Å². The van der Waals surface area contributed by atoms with Crippen LogP contribution in [0.5, 0.6) is 0 Å². The lowest BCUT2D eigenvalue weighted by atomic mass is 9.86. The molecule has 2 aliphatic rings. The Morgan fingerprint density at radius 1 is 1.18 bits per heavy atom. The van der Waals surface area contributed by atoms with Crippen molar-refractivity contribution in [2.75, 3.05) is 0 Å². The summed E-state index contributed by atoms with van der Waals surface area (Å²) in [4.78, 5) is 0. The standard InChI is InChI=1S/C17H24BFO3/c1-11-7-8-13(20-11)17(6)10-12(17)9-14(19)18-21-15(2,3)16(4,5)22-18/h7-9,12H,10H2,1-6H3. The van der Waals surface area contributed by atoms with Crippen LogP contribution in [-0.4, -0.2) is 18.3 Å². The Kier molecular flexibility index (Phi) is 3.39. The lowest BCUT2D eigenvalue weighted by Crippen LogP contribution is -2.41. The molecule has 0 aromatic carbocycles. The van der Waals surface area contributed by atoms with Crippen molar-refractivity contribution in [2.24, 2.45) is 5.92 Å². The first-order valence-electron chi connectivity index (χ1n) is 7.85. The molecule has 1 aliphatic carbocycles. The molecule has 2 fully saturated rings. The number of halogens is 1. The zero-order valence-electron chi connectivity index (χ0n) is 14.2. The predicted octanol–water partition coefficient (Wildman–Crippen LogP) is 4.35. The molecule has 2 unspecified atom stereocenters. The van der Waals surface area contributed by atoms with Crippen molar-refractivity contribution in [3.63, 3.8) is 0 Å². The molecule has 22 heavy (non-hydrogen) atoms. The minimum absolute atomic E-state index is 0.116. The van der Waals surface area contributed by atoms with Crippen LogP contribution in [0.2, 0.25) is 0 Å². The summed E-state index contributed by atoms with van der Waals surface area (Å²) in [6.07, 6.45) is 2.52. The molecular weight excluding hydrogens is 282 g/mol. The van der Waals surface area contributed by atoms with Crippen LogP contribution in [-0.2, 0) is 14.7 Å². The molecule has 1 aromatic rings. The van der Waals surface area contributed by atoms with Gasteiger partial charge >= 0.3 is 7.12 Å². The minimum atomic E-state index is -0.909. The highest BCUT2D eigenvalue weighted by Gasteiger charge is 2.56. The lowest BCUT2D eigenvalue weighted by Gasteiger charge is -2.32. The van der Waals surface area contributed by atoms with E-state index in [-0.39, 0.29) is 17.1 Å². The van der Waals surface area contributed by atoms with Crippen molar-refractivity contribution < 1.29 is 18.1 Å².